The summed E-state index contributed by atoms with van der Waals surface area (Å²) in [5, 5.41) is 3.60. The lowest BCUT2D eigenvalue weighted by molar-refractivity contribution is 0.324. The summed E-state index contributed by atoms with van der Waals surface area (Å²) >= 11 is 0. The molecule has 3 heteroatoms. The van der Waals surface area contributed by atoms with Crippen molar-refractivity contribution in [3.63, 3.8) is 0 Å². The number of nitrogens with one attached hydrogen (secondary N) is 1. The van der Waals surface area contributed by atoms with Crippen LogP contribution in [0.4, 0.5) is 0 Å². The Hall–Kier alpha value is -1.61. The summed E-state index contributed by atoms with van der Waals surface area (Å²) in [7, 11) is 0. The van der Waals surface area contributed by atoms with E-state index >= 15 is 0 Å². The van der Waals surface area contributed by atoms with Crippen LogP contribution in [-0.2, 0) is 18.5 Å². The number of aromatic nitrogens is 2. The van der Waals surface area contributed by atoms with Crippen molar-refractivity contribution in [1.29, 1.82) is 0 Å². The maximum atomic E-state index is 4.68. The van der Waals surface area contributed by atoms with Gasteiger partial charge in [-0.3, -0.25) is 0 Å². The van der Waals surface area contributed by atoms with Crippen LogP contribution in [0.1, 0.15) is 37.2 Å². The smallest absolute Gasteiger partial charge is 0.0955 e. The van der Waals surface area contributed by atoms with E-state index in [1.165, 1.54) is 17.0 Å². The van der Waals surface area contributed by atoms with Crippen molar-refractivity contribution in [2.24, 2.45) is 0 Å². The zero-order valence-electron chi connectivity index (χ0n) is 11.7. The number of benzene rings is 1. The SMILES string of the molecule is CCC1(C)NCCc2c1ncn2Cc1ccccc1. The number of nitrogens with zero attached hydrogens (tertiary/aromatic N) is 2. The Balaban J connectivity index is 1.93. The zero-order chi connectivity index (χ0) is 13.3. The van der Waals surface area contributed by atoms with Gasteiger partial charge in [-0.05, 0) is 18.9 Å². The Morgan fingerprint density at radius 2 is 2.11 bits per heavy atom. The van der Waals surface area contributed by atoms with E-state index in [1.807, 2.05) is 6.33 Å². The van der Waals surface area contributed by atoms with Crippen molar-refractivity contribution in [2.45, 2.75) is 38.8 Å². The lowest BCUT2D eigenvalue weighted by Crippen LogP contribution is -2.45. The molecule has 0 spiro atoms. The average Bonchev–Trinajstić information content (AvgIpc) is 2.85. The maximum Gasteiger partial charge on any atom is 0.0955 e. The monoisotopic (exact) mass is 255 g/mol. The molecule has 1 aliphatic rings. The molecule has 3 nitrogen and oxygen atoms in total. The lowest BCUT2D eigenvalue weighted by Gasteiger charge is -2.33. The van der Waals surface area contributed by atoms with Crippen molar-refractivity contribution in [2.75, 3.05) is 6.54 Å². The first-order chi connectivity index (χ1) is 9.23. The average molecular weight is 255 g/mol. The fourth-order valence-electron chi connectivity index (χ4n) is 2.88. The maximum absolute atomic E-state index is 4.68. The molecular formula is C16H21N3. The Kier molecular flexibility index (Phi) is 3.15. The second kappa shape index (κ2) is 4.82. The number of rotatable bonds is 3. The predicted octanol–water partition coefficient (Wildman–Crippen LogP) is 2.70. The molecule has 1 N–H and O–H groups in total. The summed E-state index contributed by atoms with van der Waals surface area (Å²) in [4.78, 5) is 4.68. The first-order valence-electron chi connectivity index (χ1n) is 7.06. The van der Waals surface area contributed by atoms with Crippen LogP contribution < -0.4 is 5.32 Å². The molecule has 0 aliphatic carbocycles. The van der Waals surface area contributed by atoms with Gasteiger partial charge in [-0.1, -0.05) is 37.3 Å². The predicted molar refractivity (Wildman–Crippen MR) is 77.1 cm³/mol. The number of hydrogen-bond donors (Lipinski definition) is 1. The normalized spacial score (nSPS) is 22.2. The fraction of sp³-hybridized carbons (Fsp3) is 0.438. The topological polar surface area (TPSA) is 29.9 Å². The van der Waals surface area contributed by atoms with Crippen LogP contribution in [0.3, 0.4) is 0 Å². The Morgan fingerprint density at radius 1 is 1.32 bits per heavy atom. The molecule has 2 aromatic rings. The molecule has 0 amide bonds. The van der Waals surface area contributed by atoms with Crippen molar-refractivity contribution >= 4 is 0 Å². The third-order valence-electron chi connectivity index (χ3n) is 4.25. The highest BCUT2D eigenvalue weighted by molar-refractivity contribution is 5.27. The standard InChI is InChI=1S/C16H21N3/c1-3-16(2)15-14(9-10-18-16)19(12-17-15)11-13-7-5-4-6-8-13/h4-8,12,18H,3,9-11H2,1-2H3. The first-order valence-corrected chi connectivity index (χ1v) is 7.06. The fourth-order valence-corrected chi connectivity index (χ4v) is 2.88. The van der Waals surface area contributed by atoms with Gasteiger partial charge in [0.25, 0.3) is 0 Å². The van der Waals surface area contributed by atoms with Crippen LogP contribution in [0.25, 0.3) is 0 Å². The molecule has 0 saturated heterocycles. The van der Waals surface area contributed by atoms with Gasteiger partial charge in [0.15, 0.2) is 0 Å². The van der Waals surface area contributed by atoms with Gasteiger partial charge in [0, 0.05) is 25.2 Å². The molecule has 19 heavy (non-hydrogen) atoms. The van der Waals surface area contributed by atoms with E-state index in [0.717, 1.165) is 25.9 Å². The molecule has 1 aromatic heterocycles. The van der Waals surface area contributed by atoms with Crippen LogP contribution in [0, 0.1) is 0 Å². The molecule has 1 aromatic carbocycles. The summed E-state index contributed by atoms with van der Waals surface area (Å²) in [6.07, 6.45) is 4.14. The molecule has 0 fully saturated rings. The third kappa shape index (κ3) is 2.19. The number of hydrogen-bond acceptors (Lipinski definition) is 2. The van der Waals surface area contributed by atoms with E-state index in [-0.39, 0.29) is 5.54 Å². The first kappa shape index (κ1) is 12.4. The van der Waals surface area contributed by atoms with Crippen molar-refractivity contribution in [3.8, 4) is 0 Å². The summed E-state index contributed by atoms with van der Waals surface area (Å²) in [5.74, 6) is 0. The molecule has 1 atom stereocenters. The molecule has 0 radical (unpaired) electrons. The van der Waals surface area contributed by atoms with Crippen molar-refractivity contribution in [1.82, 2.24) is 14.9 Å². The quantitative estimate of drug-likeness (QED) is 0.914. The van der Waals surface area contributed by atoms with Crippen molar-refractivity contribution in [3.05, 3.63) is 53.6 Å². The van der Waals surface area contributed by atoms with E-state index < -0.39 is 0 Å². The van der Waals surface area contributed by atoms with Crippen LogP contribution in [0.5, 0.6) is 0 Å². The minimum absolute atomic E-state index is 0.0372. The van der Waals surface area contributed by atoms with Crippen LogP contribution >= 0.6 is 0 Å². The van der Waals surface area contributed by atoms with Gasteiger partial charge in [0.1, 0.15) is 0 Å². The summed E-state index contributed by atoms with van der Waals surface area (Å²) in [5.41, 5.74) is 4.00. The third-order valence-corrected chi connectivity index (χ3v) is 4.25. The van der Waals surface area contributed by atoms with Crippen LogP contribution in [0.2, 0.25) is 0 Å². The van der Waals surface area contributed by atoms with Crippen molar-refractivity contribution < 1.29 is 0 Å². The van der Waals surface area contributed by atoms with Gasteiger partial charge in [-0.15, -0.1) is 0 Å². The zero-order valence-corrected chi connectivity index (χ0v) is 11.7. The van der Waals surface area contributed by atoms with Gasteiger partial charge in [0.2, 0.25) is 0 Å². The molecular weight excluding hydrogens is 234 g/mol. The van der Waals surface area contributed by atoms with Gasteiger partial charge >= 0.3 is 0 Å². The second-order valence-corrected chi connectivity index (χ2v) is 5.52. The van der Waals surface area contributed by atoms with E-state index in [0.29, 0.717) is 0 Å². The molecule has 2 heterocycles. The molecule has 3 rings (SSSR count). The minimum atomic E-state index is 0.0372. The van der Waals surface area contributed by atoms with Gasteiger partial charge in [-0.25, -0.2) is 4.98 Å². The van der Waals surface area contributed by atoms with Crippen LogP contribution in [0.15, 0.2) is 36.7 Å². The summed E-state index contributed by atoms with van der Waals surface area (Å²) < 4.78 is 2.30. The Morgan fingerprint density at radius 3 is 2.84 bits per heavy atom. The molecule has 1 unspecified atom stereocenters. The van der Waals surface area contributed by atoms with E-state index in [2.05, 4.69) is 59.0 Å². The second-order valence-electron chi connectivity index (χ2n) is 5.52. The minimum Gasteiger partial charge on any atom is -0.330 e. The van der Waals surface area contributed by atoms with Gasteiger partial charge in [-0.2, -0.15) is 0 Å². The molecule has 0 bridgehead atoms. The highest BCUT2D eigenvalue weighted by atomic mass is 15.1. The van der Waals surface area contributed by atoms with Crippen LogP contribution in [-0.4, -0.2) is 16.1 Å². The Bertz CT molecular complexity index is 559. The molecule has 0 saturated carbocycles. The van der Waals surface area contributed by atoms with E-state index in [4.69, 9.17) is 0 Å². The van der Waals surface area contributed by atoms with E-state index in [1.54, 1.807) is 0 Å². The summed E-state index contributed by atoms with van der Waals surface area (Å²) in [6.45, 7) is 6.43. The number of fused-ring (bicyclic) bond motifs is 1. The molecule has 100 valence electrons. The summed E-state index contributed by atoms with van der Waals surface area (Å²) in [6, 6.07) is 10.6. The highest BCUT2D eigenvalue weighted by Crippen LogP contribution is 2.30. The molecule has 1 aliphatic heterocycles. The largest absolute Gasteiger partial charge is 0.330 e. The highest BCUT2D eigenvalue weighted by Gasteiger charge is 2.33. The lowest BCUT2D eigenvalue weighted by atomic mass is 9.89. The number of imidazole rings is 1. The van der Waals surface area contributed by atoms with Gasteiger partial charge < -0.3 is 9.88 Å². The van der Waals surface area contributed by atoms with Gasteiger partial charge in [0.05, 0.1) is 17.6 Å². The van der Waals surface area contributed by atoms with E-state index in [9.17, 15) is 0 Å². The Labute approximate surface area is 114 Å².